The molecule has 0 saturated carbocycles. The maximum absolute atomic E-state index is 12.3. The fourth-order valence-corrected chi connectivity index (χ4v) is 2.69. The van der Waals surface area contributed by atoms with Gasteiger partial charge in [-0.05, 0) is 37.0 Å². The van der Waals surface area contributed by atoms with Crippen LogP contribution < -0.4 is 15.8 Å². The van der Waals surface area contributed by atoms with E-state index in [-0.39, 0.29) is 18.5 Å². The number of hydrogen-bond donors (Lipinski definition) is 2. The first-order valence-electron chi connectivity index (χ1n) is 7.08. The van der Waals surface area contributed by atoms with Gasteiger partial charge in [-0.2, -0.15) is 0 Å². The van der Waals surface area contributed by atoms with Crippen molar-refractivity contribution < 1.29 is 14.3 Å². The number of benzene rings is 1. The van der Waals surface area contributed by atoms with Crippen LogP contribution in [0.1, 0.15) is 30.9 Å². The van der Waals surface area contributed by atoms with Crippen LogP contribution in [0.15, 0.2) is 24.3 Å². The number of rotatable bonds is 4. The van der Waals surface area contributed by atoms with Crippen LogP contribution in [0.4, 0.5) is 4.79 Å². The lowest BCUT2D eigenvalue weighted by atomic mass is 9.95. The van der Waals surface area contributed by atoms with E-state index < -0.39 is 6.03 Å². The summed E-state index contributed by atoms with van der Waals surface area (Å²) >= 11 is 0. The number of carbonyl (C=O) groups is 2. The standard InChI is InChI=1S/C15H21N3O3/c1-21-12-6-4-5-11(9-12)13-7-2-3-8-18(13)14(19)10-17-15(16)20/h4-6,9,13H,2-3,7-8,10H2,1H3,(H3,16,17,20)/t13-/m1/s1. The van der Waals surface area contributed by atoms with Crippen LogP contribution >= 0.6 is 0 Å². The maximum atomic E-state index is 12.3. The summed E-state index contributed by atoms with van der Waals surface area (Å²) in [7, 11) is 1.62. The van der Waals surface area contributed by atoms with Gasteiger partial charge in [-0.25, -0.2) is 4.79 Å². The van der Waals surface area contributed by atoms with E-state index in [1.807, 2.05) is 29.2 Å². The Morgan fingerprint density at radius 1 is 1.43 bits per heavy atom. The van der Waals surface area contributed by atoms with Crippen LogP contribution in [-0.4, -0.2) is 37.0 Å². The maximum Gasteiger partial charge on any atom is 0.312 e. The van der Waals surface area contributed by atoms with Crippen molar-refractivity contribution in [3.05, 3.63) is 29.8 Å². The number of ether oxygens (including phenoxy) is 1. The predicted molar refractivity (Wildman–Crippen MR) is 78.9 cm³/mol. The molecule has 2 rings (SSSR count). The molecule has 0 aromatic heterocycles. The van der Waals surface area contributed by atoms with Gasteiger partial charge in [-0.1, -0.05) is 12.1 Å². The summed E-state index contributed by atoms with van der Waals surface area (Å²) < 4.78 is 5.24. The summed E-state index contributed by atoms with van der Waals surface area (Å²) in [4.78, 5) is 24.8. The zero-order valence-corrected chi connectivity index (χ0v) is 12.2. The van der Waals surface area contributed by atoms with Crippen LogP contribution in [0.3, 0.4) is 0 Å². The predicted octanol–water partition coefficient (Wildman–Crippen LogP) is 1.42. The summed E-state index contributed by atoms with van der Waals surface area (Å²) in [6.07, 6.45) is 2.97. The molecule has 1 fully saturated rings. The number of nitrogens with two attached hydrogens (primary N) is 1. The second-order valence-corrected chi connectivity index (χ2v) is 5.09. The molecule has 114 valence electrons. The molecule has 1 heterocycles. The first-order valence-corrected chi connectivity index (χ1v) is 7.08. The number of nitrogens with zero attached hydrogens (tertiary/aromatic N) is 1. The Morgan fingerprint density at radius 3 is 2.95 bits per heavy atom. The summed E-state index contributed by atoms with van der Waals surface area (Å²) in [5.41, 5.74) is 6.07. The third kappa shape index (κ3) is 3.87. The largest absolute Gasteiger partial charge is 0.497 e. The Labute approximate surface area is 124 Å². The van der Waals surface area contributed by atoms with Gasteiger partial charge >= 0.3 is 6.03 Å². The third-order valence-electron chi connectivity index (χ3n) is 3.72. The second-order valence-electron chi connectivity index (χ2n) is 5.09. The van der Waals surface area contributed by atoms with E-state index >= 15 is 0 Å². The molecule has 0 spiro atoms. The first kappa shape index (κ1) is 15.2. The van der Waals surface area contributed by atoms with Gasteiger partial charge < -0.3 is 20.7 Å². The zero-order valence-electron chi connectivity index (χ0n) is 12.2. The zero-order chi connectivity index (χ0) is 15.2. The minimum Gasteiger partial charge on any atom is -0.497 e. The quantitative estimate of drug-likeness (QED) is 0.879. The lowest BCUT2D eigenvalue weighted by Crippen LogP contribution is -2.45. The lowest BCUT2D eigenvalue weighted by molar-refractivity contribution is -0.133. The van der Waals surface area contributed by atoms with E-state index in [1.54, 1.807) is 7.11 Å². The number of primary amides is 1. The minimum atomic E-state index is -0.682. The van der Waals surface area contributed by atoms with Crippen LogP contribution in [0, 0.1) is 0 Å². The van der Waals surface area contributed by atoms with Gasteiger partial charge in [0.15, 0.2) is 0 Å². The second kappa shape index (κ2) is 6.97. The topological polar surface area (TPSA) is 84.7 Å². The number of nitrogens with one attached hydrogen (secondary N) is 1. The van der Waals surface area contributed by atoms with Crippen molar-refractivity contribution in [1.29, 1.82) is 0 Å². The molecule has 3 N–H and O–H groups in total. The Hall–Kier alpha value is -2.24. The van der Waals surface area contributed by atoms with Crippen molar-refractivity contribution in [2.45, 2.75) is 25.3 Å². The first-order chi connectivity index (χ1) is 10.1. The molecule has 0 aliphatic carbocycles. The molecule has 3 amide bonds. The molecule has 0 radical (unpaired) electrons. The van der Waals surface area contributed by atoms with Gasteiger partial charge in [0.2, 0.25) is 5.91 Å². The summed E-state index contributed by atoms with van der Waals surface area (Å²) in [5.74, 6) is 0.669. The molecule has 1 aromatic carbocycles. The molecule has 21 heavy (non-hydrogen) atoms. The van der Waals surface area contributed by atoms with Crippen LogP contribution in [-0.2, 0) is 4.79 Å². The van der Waals surface area contributed by atoms with E-state index in [0.717, 1.165) is 30.6 Å². The molecular weight excluding hydrogens is 270 g/mol. The van der Waals surface area contributed by atoms with Crippen molar-refractivity contribution in [3.8, 4) is 5.75 Å². The Kier molecular flexibility index (Phi) is 5.03. The summed E-state index contributed by atoms with van der Waals surface area (Å²) in [6, 6.07) is 7.10. The van der Waals surface area contributed by atoms with Gasteiger partial charge in [0.25, 0.3) is 0 Å². The van der Waals surface area contributed by atoms with Gasteiger partial charge in [0.05, 0.1) is 19.7 Å². The number of amides is 3. The highest BCUT2D eigenvalue weighted by atomic mass is 16.5. The molecule has 1 saturated heterocycles. The average molecular weight is 291 g/mol. The third-order valence-corrected chi connectivity index (χ3v) is 3.72. The average Bonchev–Trinajstić information content (AvgIpc) is 2.52. The number of piperidine rings is 1. The van der Waals surface area contributed by atoms with Crippen molar-refractivity contribution in [2.75, 3.05) is 20.2 Å². The van der Waals surface area contributed by atoms with Gasteiger partial charge in [-0.3, -0.25) is 4.79 Å². The van der Waals surface area contributed by atoms with Crippen molar-refractivity contribution >= 4 is 11.9 Å². The van der Waals surface area contributed by atoms with Gasteiger partial charge in [0.1, 0.15) is 5.75 Å². The van der Waals surface area contributed by atoms with Crippen LogP contribution in [0.2, 0.25) is 0 Å². The highest BCUT2D eigenvalue weighted by molar-refractivity contribution is 5.83. The SMILES string of the molecule is COc1cccc([C@H]2CCCCN2C(=O)CNC(N)=O)c1. The Bertz CT molecular complexity index is 519. The number of carbonyl (C=O) groups excluding carboxylic acids is 2. The van der Waals surface area contributed by atoms with Crippen LogP contribution in [0.25, 0.3) is 0 Å². The molecule has 0 bridgehead atoms. The van der Waals surface area contributed by atoms with E-state index in [2.05, 4.69) is 5.32 Å². The molecule has 6 heteroatoms. The normalized spacial score (nSPS) is 18.1. The molecular formula is C15H21N3O3. The van der Waals surface area contributed by atoms with Gasteiger partial charge in [-0.15, -0.1) is 0 Å². The summed E-state index contributed by atoms with van der Waals surface area (Å²) in [6.45, 7) is 0.636. The lowest BCUT2D eigenvalue weighted by Gasteiger charge is -2.36. The fraction of sp³-hybridized carbons (Fsp3) is 0.467. The van der Waals surface area contributed by atoms with Gasteiger partial charge in [0, 0.05) is 6.54 Å². The highest BCUT2D eigenvalue weighted by Gasteiger charge is 2.28. The minimum absolute atomic E-state index is 0.0241. The smallest absolute Gasteiger partial charge is 0.312 e. The van der Waals surface area contributed by atoms with E-state index in [1.165, 1.54) is 0 Å². The molecule has 1 atom stereocenters. The van der Waals surface area contributed by atoms with E-state index in [4.69, 9.17) is 10.5 Å². The molecule has 1 aliphatic rings. The number of hydrogen-bond acceptors (Lipinski definition) is 3. The molecule has 1 aromatic rings. The monoisotopic (exact) mass is 291 g/mol. The Morgan fingerprint density at radius 2 is 2.24 bits per heavy atom. The fourth-order valence-electron chi connectivity index (χ4n) is 2.69. The van der Waals surface area contributed by atoms with E-state index in [0.29, 0.717) is 6.54 Å². The van der Waals surface area contributed by atoms with Crippen molar-refractivity contribution in [2.24, 2.45) is 5.73 Å². The molecule has 1 aliphatic heterocycles. The van der Waals surface area contributed by atoms with Crippen molar-refractivity contribution in [3.63, 3.8) is 0 Å². The number of urea groups is 1. The molecule has 6 nitrogen and oxygen atoms in total. The van der Waals surface area contributed by atoms with Crippen LogP contribution in [0.5, 0.6) is 5.75 Å². The van der Waals surface area contributed by atoms with Crippen molar-refractivity contribution in [1.82, 2.24) is 10.2 Å². The Balaban J connectivity index is 2.14. The highest BCUT2D eigenvalue weighted by Crippen LogP contribution is 2.32. The molecule has 0 unspecified atom stereocenters. The summed E-state index contributed by atoms with van der Waals surface area (Å²) in [5, 5.41) is 2.36. The number of methoxy groups -OCH3 is 1. The van der Waals surface area contributed by atoms with E-state index in [9.17, 15) is 9.59 Å². The number of likely N-dealkylation sites (tertiary alicyclic amines) is 1.